The molecule has 9 nitrogen and oxygen atoms in total. The van der Waals surface area contributed by atoms with Gasteiger partial charge in [0.25, 0.3) is 0 Å². The first-order valence-electron chi connectivity index (χ1n) is 9.20. The van der Waals surface area contributed by atoms with Gasteiger partial charge in [-0.3, -0.25) is 4.79 Å². The number of benzene rings is 2. The average Bonchev–Trinajstić information content (AvgIpc) is 3.46. The molecule has 0 unspecified atom stereocenters. The Labute approximate surface area is 175 Å². The SMILES string of the molecule is Cc1nn(-c2ccccc2)c(-n2nnc3ccccc32)c1C=N/N=C1\NC(=O)CS1. The second-order valence-corrected chi connectivity index (χ2v) is 7.51. The Morgan fingerprint density at radius 2 is 1.90 bits per heavy atom. The molecule has 1 amide bonds. The standard InChI is InChI=1S/C20H16N8OS/c1-13-15(11-21-24-20-22-18(29)12-30-20)19(27(25-13)14-7-3-2-4-8-14)28-17-10-6-5-9-16(17)23-26-28/h2-11H,12H2,1H3,(H,22,24,29). The summed E-state index contributed by atoms with van der Waals surface area (Å²) in [5.74, 6) is 0.992. The Morgan fingerprint density at radius 3 is 2.70 bits per heavy atom. The molecule has 5 rings (SSSR count). The number of amidine groups is 1. The number of hydrogen-bond acceptors (Lipinski definition) is 7. The number of fused-ring (bicyclic) bond motifs is 1. The first kappa shape index (κ1) is 18.3. The first-order chi connectivity index (χ1) is 14.7. The van der Waals surface area contributed by atoms with Gasteiger partial charge in [-0.05, 0) is 31.2 Å². The van der Waals surface area contributed by atoms with Crippen LogP contribution in [0.15, 0.2) is 64.8 Å². The van der Waals surface area contributed by atoms with Crippen LogP contribution >= 0.6 is 11.8 Å². The van der Waals surface area contributed by atoms with Gasteiger partial charge in [0.05, 0.1) is 34.4 Å². The molecule has 1 aliphatic rings. The van der Waals surface area contributed by atoms with E-state index >= 15 is 0 Å². The molecular formula is C20H16N8OS. The van der Waals surface area contributed by atoms with Gasteiger partial charge in [0, 0.05) is 0 Å². The zero-order valence-corrected chi connectivity index (χ0v) is 16.7. The maximum atomic E-state index is 11.3. The molecule has 148 valence electrons. The number of rotatable bonds is 4. The summed E-state index contributed by atoms with van der Waals surface area (Å²) >= 11 is 1.32. The van der Waals surface area contributed by atoms with E-state index in [4.69, 9.17) is 5.10 Å². The maximum absolute atomic E-state index is 11.3. The van der Waals surface area contributed by atoms with Gasteiger partial charge in [-0.2, -0.15) is 14.9 Å². The van der Waals surface area contributed by atoms with E-state index in [-0.39, 0.29) is 5.91 Å². The van der Waals surface area contributed by atoms with Gasteiger partial charge in [-0.15, -0.1) is 10.2 Å². The molecule has 1 N–H and O–H groups in total. The minimum Gasteiger partial charge on any atom is -0.303 e. The van der Waals surface area contributed by atoms with E-state index in [1.165, 1.54) is 11.8 Å². The van der Waals surface area contributed by atoms with Crippen molar-refractivity contribution < 1.29 is 4.79 Å². The van der Waals surface area contributed by atoms with E-state index in [1.807, 2.05) is 66.2 Å². The number of hydrogen-bond donors (Lipinski definition) is 1. The summed E-state index contributed by atoms with van der Waals surface area (Å²) in [5.41, 5.74) is 4.05. The third-order valence-electron chi connectivity index (χ3n) is 4.56. The molecule has 1 saturated heterocycles. The Bertz CT molecular complexity index is 1310. The highest BCUT2D eigenvalue weighted by Gasteiger charge is 2.20. The molecule has 1 fully saturated rings. The number of nitrogens with one attached hydrogen (secondary N) is 1. The molecule has 30 heavy (non-hydrogen) atoms. The number of aromatic nitrogens is 5. The number of nitrogens with zero attached hydrogens (tertiary/aromatic N) is 7. The van der Waals surface area contributed by atoms with Gasteiger partial charge < -0.3 is 5.32 Å². The van der Waals surface area contributed by atoms with Crippen molar-refractivity contribution in [2.24, 2.45) is 10.2 Å². The summed E-state index contributed by atoms with van der Waals surface area (Å²) in [4.78, 5) is 11.3. The van der Waals surface area contributed by atoms with Crippen LogP contribution in [0.1, 0.15) is 11.3 Å². The van der Waals surface area contributed by atoms with Crippen molar-refractivity contribution in [3.8, 4) is 11.5 Å². The molecule has 0 spiro atoms. The van der Waals surface area contributed by atoms with Crippen LogP contribution in [0.3, 0.4) is 0 Å². The van der Waals surface area contributed by atoms with Crippen LogP contribution in [0.25, 0.3) is 22.5 Å². The maximum Gasteiger partial charge on any atom is 0.236 e. The topological polar surface area (TPSA) is 102 Å². The Hall–Kier alpha value is -3.79. The molecule has 0 saturated carbocycles. The van der Waals surface area contributed by atoms with Crippen LogP contribution in [0.4, 0.5) is 0 Å². The van der Waals surface area contributed by atoms with Gasteiger partial charge in [-0.1, -0.05) is 47.3 Å². The third-order valence-corrected chi connectivity index (χ3v) is 5.42. The van der Waals surface area contributed by atoms with E-state index in [2.05, 4.69) is 25.8 Å². The molecule has 10 heteroatoms. The number of carbonyl (C=O) groups excluding carboxylic acids is 1. The number of carbonyl (C=O) groups is 1. The fraction of sp³-hybridized carbons (Fsp3) is 0.100. The first-order valence-corrected chi connectivity index (χ1v) is 10.2. The van der Waals surface area contributed by atoms with Crippen LogP contribution in [0.2, 0.25) is 0 Å². The smallest absolute Gasteiger partial charge is 0.236 e. The quantitative estimate of drug-likeness (QED) is 0.407. The van der Waals surface area contributed by atoms with E-state index in [0.717, 1.165) is 28.0 Å². The lowest BCUT2D eigenvalue weighted by molar-refractivity contribution is -0.116. The molecule has 4 aromatic rings. The average molecular weight is 416 g/mol. The lowest BCUT2D eigenvalue weighted by atomic mass is 10.2. The molecule has 0 radical (unpaired) electrons. The van der Waals surface area contributed by atoms with Gasteiger partial charge >= 0.3 is 0 Å². The summed E-state index contributed by atoms with van der Waals surface area (Å²) in [6, 6.07) is 17.5. The summed E-state index contributed by atoms with van der Waals surface area (Å²) in [5, 5.41) is 24.8. The van der Waals surface area contributed by atoms with Crippen LogP contribution in [0.5, 0.6) is 0 Å². The predicted molar refractivity (Wildman–Crippen MR) is 116 cm³/mol. The van der Waals surface area contributed by atoms with E-state index in [1.54, 1.807) is 10.9 Å². The summed E-state index contributed by atoms with van der Waals surface area (Å²) in [7, 11) is 0. The molecule has 0 aliphatic carbocycles. The molecule has 3 heterocycles. The van der Waals surface area contributed by atoms with Gasteiger partial charge in [0.1, 0.15) is 5.52 Å². The Morgan fingerprint density at radius 1 is 1.10 bits per heavy atom. The second-order valence-electron chi connectivity index (χ2n) is 6.55. The van der Waals surface area contributed by atoms with Crippen LogP contribution < -0.4 is 5.32 Å². The zero-order valence-electron chi connectivity index (χ0n) is 15.9. The monoisotopic (exact) mass is 416 g/mol. The fourth-order valence-electron chi connectivity index (χ4n) is 3.17. The van der Waals surface area contributed by atoms with Crippen LogP contribution in [0, 0.1) is 6.92 Å². The van der Waals surface area contributed by atoms with Crippen molar-refractivity contribution in [1.29, 1.82) is 0 Å². The van der Waals surface area contributed by atoms with E-state index < -0.39 is 0 Å². The van der Waals surface area contributed by atoms with Crippen LogP contribution in [-0.2, 0) is 4.79 Å². The summed E-state index contributed by atoms with van der Waals surface area (Å²) in [6.07, 6.45) is 1.63. The Kier molecular flexibility index (Phi) is 4.60. The van der Waals surface area contributed by atoms with Crippen molar-refractivity contribution in [3.63, 3.8) is 0 Å². The fourth-order valence-corrected chi connectivity index (χ4v) is 3.81. The lowest BCUT2D eigenvalue weighted by Crippen LogP contribution is -2.19. The van der Waals surface area contributed by atoms with Gasteiger partial charge in [0.15, 0.2) is 11.0 Å². The highest BCUT2D eigenvalue weighted by Crippen LogP contribution is 2.24. The summed E-state index contributed by atoms with van der Waals surface area (Å²) in [6.45, 7) is 1.91. The third kappa shape index (κ3) is 3.26. The predicted octanol–water partition coefficient (Wildman–Crippen LogP) is 2.47. The number of thioether (sulfide) groups is 1. The van der Waals surface area contributed by atoms with Crippen molar-refractivity contribution in [2.75, 3.05) is 5.75 Å². The van der Waals surface area contributed by atoms with Gasteiger partial charge in [0.2, 0.25) is 5.91 Å². The zero-order chi connectivity index (χ0) is 20.5. The Balaban J connectivity index is 1.67. The lowest BCUT2D eigenvalue weighted by Gasteiger charge is -2.08. The highest BCUT2D eigenvalue weighted by molar-refractivity contribution is 8.15. The largest absolute Gasteiger partial charge is 0.303 e. The molecule has 0 bridgehead atoms. The molecule has 2 aromatic carbocycles. The van der Waals surface area contributed by atoms with Crippen molar-refractivity contribution in [1.82, 2.24) is 30.1 Å². The molecule has 0 atom stereocenters. The minimum absolute atomic E-state index is 0.0724. The van der Waals surface area contributed by atoms with Gasteiger partial charge in [-0.25, -0.2) is 4.68 Å². The summed E-state index contributed by atoms with van der Waals surface area (Å²) < 4.78 is 3.57. The molecule has 2 aromatic heterocycles. The van der Waals surface area contributed by atoms with E-state index in [0.29, 0.717) is 16.7 Å². The second kappa shape index (κ2) is 7.56. The minimum atomic E-state index is -0.0724. The van der Waals surface area contributed by atoms with Crippen molar-refractivity contribution in [3.05, 3.63) is 65.9 Å². The molecular weight excluding hydrogens is 400 g/mol. The van der Waals surface area contributed by atoms with Crippen LogP contribution in [-0.4, -0.2) is 47.8 Å². The normalized spacial score (nSPS) is 15.5. The number of amides is 1. The van der Waals surface area contributed by atoms with Crippen molar-refractivity contribution >= 4 is 40.1 Å². The number of aryl methyl sites for hydroxylation is 1. The highest BCUT2D eigenvalue weighted by atomic mass is 32.2. The van der Waals surface area contributed by atoms with Crippen molar-refractivity contribution in [2.45, 2.75) is 6.92 Å². The van der Waals surface area contributed by atoms with E-state index in [9.17, 15) is 4.79 Å². The number of para-hydroxylation sites is 2. The molecule has 1 aliphatic heterocycles.